The first-order valence-electron chi connectivity index (χ1n) is 7.11. The Kier molecular flexibility index (Phi) is 5.26. The topological polar surface area (TPSA) is 118 Å². The number of phenolic OH excluding ortho intramolecular Hbond substituents is 1. The SMILES string of the molecule is COC(=O)C(Nc1ccc(C(=N)N)cc1)c1cc(O)cc(OC)c1. The van der Waals surface area contributed by atoms with E-state index in [9.17, 15) is 9.90 Å². The van der Waals surface area contributed by atoms with Crippen LogP contribution in [0.4, 0.5) is 5.69 Å². The number of anilines is 1. The van der Waals surface area contributed by atoms with Crippen molar-refractivity contribution in [2.45, 2.75) is 6.04 Å². The molecule has 126 valence electrons. The summed E-state index contributed by atoms with van der Waals surface area (Å²) < 4.78 is 9.95. The quantitative estimate of drug-likeness (QED) is 0.366. The Morgan fingerprint density at radius 3 is 2.42 bits per heavy atom. The number of benzene rings is 2. The van der Waals surface area contributed by atoms with Gasteiger partial charge in [-0.3, -0.25) is 5.41 Å². The van der Waals surface area contributed by atoms with Crippen LogP contribution < -0.4 is 15.8 Å². The standard InChI is InChI=1S/C17H19N3O4/c1-23-14-8-11(7-13(21)9-14)15(17(22)24-2)20-12-5-3-10(4-6-12)16(18)19/h3-9,15,20-21H,1-2H3,(H3,18,19). The maximum Gasteiger partial charge on any atom is 0.332 e. The predicted molar refractivity (Wildman–Crippen MR) is 90.5 cm³/mol. The van der Waals surface area contributed by atoms with E-state index in [-0.39, 0.29) is 11.6 Å². The van der Waals surface area contributed by atoms with E-state index in [0.29, 0.717) is 22.6 Å². The van der Waals surface area contributed by atoms with Crippen molar-refractivity contribution in [1.29, 1.82) is 5.41 Å². The zero-order chi connectivity index (χ0) is 17.7. The summed E-state index contributed by atoms with van der Waals surface area (Å²) >= 11 is 0. The summed E-state index contributed by atoms with van der Waals surface area (Å²) in [5, 5.41) is 20.2. The maximum absolute atomic E-state index is 12.1. The van der Waals surface area contributed by atoms with Crippen molar-refractivity contribution in [2.24, 2.45) is 5.73 Å². The molecule has 0 heterocycles. The van der Waals surface area contributed by atoms with Crippen LogP contribution >= 0.6 is 0 Å². The first kappa shape index (κ1) is 17.1. The van der Waals surface area contributed by atoms with Gasteiger partial charge in [0, 0.05) is 17.3 Å². The number of amidine groups is 1. The molecule has 2 aromatic rings. The van der Waals surface area contributed by atoms with Gasteiger partial charge in [0.25, 0.3) is 0 Å². The third-order valence-corrected chi connectivity index (χ3v) is 3.43. The maximum atomic E-state index is 12.1. The Morgan fingerprint density at radius 1 is 1.21 bits per heavy atom. The van der Waals surface area contributed by atoms with Gasteiger partial charge >= 0.3 is 5.97 Å². The highest BCUT2D eigenvalue weighted by Gasteiger charge is 2.22. The van der Waals surface area contributed by atoms with E-state index >= 15 is 0 Å². The summed E-state index contributed by atoms with van der Waals surface area (Å²) in [7, 11) is 2.76. The van der Waals surface area contributed by atoms with Crippen LogP contribution in [0.25, 0.3) is 0 Å². The molecule has 0 aliphatic heterocycles. The first-order chi connectivity index (χ1) is 11.4. The number of nitrogen functional groups attached to an aromatic ring is 1. The molecule has 0 saturated carbocycles. The van der Waals surface area contributed by atoms with E-state index in [1.807, 2.05) is 0 Å². The Bertz CT molecular complexity index is 744. The number of ether oxygens (including phenoxy) is 2. The summed E-state index contributed by atoms with van der Waals surface area (Å²) in [6.45, 7) is 0. The number of carbonyl (C=O) groups excluding carboxylic acids is 1. The molecule has 24 heavy (non-hydrogen) atoms. The number of rotatable bonds is 6. The molecule has 0 aromatic heterocycles. The molecule has 7 heteroatoms. The number of esters is 1. The number of aromatic hydroxyl groups is 1. The van der Waals surface area contributed by atoms with Crippen LogP contribution in [0.1, 0.15) is 17.2 Å². The highest BCUT2D eigenvalue weighted by molar-refractivity contribution is 5.95. The smallest absolute Gasteiger partial charge is 0.332 e. The van der Waals surface area contributed by atoms with Crippen LogP contribution in [0.5, 0.6) is 11.5 Å². The van der Waals surface area contributed by atoms with Crippen LogP contribution in [-0.2, 0) is 9.53 Å². The zero-order valence-corrected chi connectivity index (χ0v) is 13.4. The Balaban J connectivity index is 2.34. The van der Waals surface area contributed by atoms with E-state index in [1.54, 1.807) is 30.3 Å². The first-order valence-corrected chi connectivity index (χ1v) is 7.11. The van der Waals surface area contributed by atoms with Gasteiger partial charge < -0.3 is 25.6 Å². The average Bonchev–Trinajstić information content (AvgIpc) is 2.58. The molecule has 0 bridgehead atoms. The molecule has 0 spiro atoms. The largest absolute Gasteiger partial charge is 0.508 e. The second kappa shape index (κ2) is 7.36. The van der Waals surface area contributed by atoms with Gasteiger partial charge in [0.05, 0.1) is 14.2 Å². The van der Waals surface area contributed by atoms with Crippen molar-refractivity contribution in [3.8, 4) is 11.5 Å². The molecule has 1 atom stereocenters. The fourth-order valence-electron chi connectivity index (χ4n) is 2.20. The molecule has 0 amide bonds. The van der Waals surface area contributed by atoms with Gasteiger partial charge in [0.1, 0.15) is 17.3 Å². The minimum atomic E-state index is -0.834. The van der Waals surface area contributed by atoms with E-state index < -0.39 is 12.0 Å². The van der Waals surface area contributed by atoms with Crippen LogP contribution in [0.3, 0.4) is 0 Å². The van der Waals surface area contributed by atoms with E-state index in [2.05, 4.69) is 5.32 Å². The van der Waals surface area contributed by atoms with Crippen molar-refractivity contribution >= 4 is 17.5 Å². The van der Waals surface area contributed by atoms with Crippen LogP contribution in [0, 0.1) is 5.41 Å². The average molecular weight is 329 g/mol. The third kappa shape index (κ3) is 3.95. The number of methoxy groups -OCH3 is 2. The fourth-order valence-corrected chi connectivity index (χ4v) is 2.20. The lowest BCUT2D eigenvalue weighted by Crippen LogP contribution is -2.22. The lowest BCUT2D eigenvalue weighted by molar-refractivity contribution is -0.141. The van der Waals surface area contributed by atoms with Crippen LogP contribution in [0.15, 0.2) is 42.5 Å². The summed E-state index contributed by atoms with van der Waals surface area (Å²) in [4.78, 5) is 12.1. The van der Waals surface area contributed by atoms with Crippen molar-refractivity contribution in [1.82, 2.24) is 0 Å². The molecule has 2 aromatic carbocycles. The molecule has 5 N–H and O–H groups in total. The molecular formula is C17H19N3O4. The monoisotopic (exact) mass is 329 g/mol. The number of nitrogens with two attached hydrogens (primary N) is 1. The molecular weight excluding hydrogens is 310 g/mol. The minimum Gasteiger partial charge on any atom is -0.508 e. The van der Waals surface area contributed by atoms with Gasteiger partial charge in [-0.1, -0.05) is 0 Å². The number of hydrogen-bond donors (Lipinski definition) is 4. The van der Waals surface area contributed by atoms with E-state index in [1.165, 1.54) is 26.4 Å². The van der Waals surface area contributed by atoms with Crippen molar-refractivity contribution in [3.63, 3.8) is 0 Å². The predicted octanol–water partition coefficient (Wildman–Crippen LogP) is 2.01. The molecule has 0 radical (unpaired) electrons. The molecule has 0 fully saturated rings. The Morgan fingerprint density at radius 2 is 1.88 bits per heavy atom. The number of carbonyl (C=O) groups is 1. The number of hydrogen-bond acceptors (Lipinski definition) is 6. The third-order valence-electron chi connectivity index (χ3n) is 3.43. The lowest BCUT2D eigenvalue weighted by Gasteiger charge is -2.19. The molecule has 1 unspecified atom stereocenters. The van der Waals surface area contributed by atoms with E-state index in [0.717, 1.165) is 0 Å². The van der Waals surface area contributed by atoms with E-state index in [4.69, 9.17) is 20.6 Å². The normalized spacial score (nSPS) is 11.4. The highest BCUT2D eigenvalue weighted by atomic mass is 16.5. The second-order valence-electron chi connectivity index (χ2n) is 5.06. The highest BCUT2D eigenvalue weighted by Crippen LogP contribution is 2.28. The number of phenols is 1. The van der Waals surface area contributed by atoms with Gasteiger partial charge in [-0.15, -0.1) is 0 Å². The van der Waals surface area contributed by atoms with Crippen molar-refractivity contribution in [2.75, 3.05) is 19.5 Å². The number of nitrogens with one attached hydrogen (secondary N) is 2. The van der Waals surface area contributed by atoms with Gasteiger partial charge in [-0.05, 0) is 42.0 Å². The minimum absolute atomic E-state index is 0.0213. The Hall–Kier alpha value is -3.22. The zero-order valence-electron chi connectivity index (χ0n) is 13.4. The van der Waals surface area contributed by atoms with Gasteiger partial charge in [-0.2, -0.15) is 0 Å². The molecule has 0 aliphatic carbocycles. The van der Waals surface area contributed by atoms with Gasteiger partial charge in [0.2, 0.25) is 0 Å². The molecule has 0 saturated heterocycles. The van der Waals surface area contributed by atoms with Gasteiger partial charge in [0.15, 0.2) is 6.04 Å². The lowest BCUT2D eigenvalue weighted by atomic mass is 10.1. The second-order valence-corrected chi connectivity index (χ2v) is 5.06. The van der Waals surface area contributed by atoms with Crippen LogP contribution in [-0.4, -0.2) is 31.1 Å². The summed E-state index contributed by atoms with van der Waals surface area (Å²) in [5.41, 5.74) is 7.13. The summed E-state index contributed by atoms with van der Waals surface area (Å²) in [6.07, 6.45) is 0. The molecule has 7 nitrogen and oxygen atoms in total. The van der Waals surface area contributed by atoms with Gasteiger partial charge in [-0.25, -0.2) is 4.79 Å². The molecule has 2 rings (SSSR count). The Labute approximate surface area is 139 Å². The summed E-state index contributed by atoms with van der Waals surface area (Å²) in [6, 6.07) is 10.4. The van der Waals surface area contributed by atoms with Crippen molar-refractivity contribution < 1.29 is 19.4 Å². The van der Waals surface area contributed by atoms with Crippen LogP contribution in [0.2, 0.25) is 0 Å². The van der Waals surface area contributed by atoms with Crippen molar-refractivity contribution in [3.05, 3.63) is 53.6 Å². The fraction of sp³-hybridized carbons (Fsp3) is 0.176. The summed E-state index contributed by atoms with van der Waals surface area (Å²) in [5.74, 6) is -0.151. The molecule has 0 aliphatic rings.